The minimum absolute atomic E-state index is 0.398. The van der Waals surface area contributed by atoms with Crippen LogP contribution in [0.2, 0.25) is 0 Å². The van der Waals surface area contributed by atoms with E-state index in [1.807, 2.05) is 12.2 Å². The number of rotatable bonds is 4. The fourth-order valence-electron chi connectivity index (χ4n) is 2.08. The summed E-state index contributed by atoms with van der Waals surface area (Å²) in [6.07, 6.45) is 6.06. The van der Waals surface area contributed by atoms with Crippen LogP contribution in [0.15, 0.2) is 42.2 Å². The van der Waals surface area contributed by atoms with Gasteiger partial charge in [-0.3, -0.25) is 5.21 Å². The molecule has 0 spiro atoms. The first-order chi connectivity index (χ1) is 9.72. The van der Waals surface area contributed by atoms with E-state index in [4.69, 9.17) is 9.47 Å². The highest BCUT2D eigenvalue weighted by atomic mass is 16.5. The van der Waals surface area contributed by atoms with Gasteiger partial charge in [-0.15, -0.1) is 0 Å². The Morgan fingerprint density at radius 3 is 2.70 bits per heavy atom. The van der Waals surface area contributed by atoms with Crippen molar-refractivity contribution in [1.29, 1.82) is 0 Å². The number of allylic oxidation sites excluding steroid dienone is 4. The molecule has 0 saturated heterocycles. The SMILES string of the molecule is COC1=CC=CC/C1=[N+](/O)c1cccc(OC)c1[NH2+]O. The average Bonchev–Trinajstić information content (AvgIpc) is 2.53. The van der Waals surface area contributed by atoms with E-state index in [1.165, 1.54) is 7.11 Å². The molecule has 6 heteroatoms. The van der Waals surface area contributed by atoms with Crippen LogP contribution in [0, 0.1) is 0 Å². The van der Waals surface area contributed by atoms with Crippen molar-refractivity contribution in [2.24, 2.45) is 0 Å². The lowest BCUT2D eigenvalue weighted by molar-refractivity contribution is -0.830. The van der Waals surface area contributed by atoms with E-state index in [2.05, 4.69) is 0 Å². The average molecular weight is 278 g/mol. The summed E-state index contributed by atoms with van der Waals surface area (Å²) < 4.78 is 11.4. The van der Waals surface area contributed by atoms with Crippen molar-refractivity contribution in [2.75, 3.05) is 14.2 Å². The Bertz CT molecular complexity index is 591. The summed E-state index contributed by atoms with van der Waals surface area (Å²) in [5.41, 5.74) is 2.31. The van der Waals surface area contributed by atoms with Crippen LogP contribution < -0.4 is 10.2 Å². The molecule has 0 saturated carbocycles. The maximum absolute atomic E-state index is 10.4. The molecule has 106 valence electrons. The normalized spacial score (nSPS) is 16.6. The Balaban J connectivity index is 2.56. The lowest BCUT2D eigenvalue weighted by Gasteiger charge is -2.09. The summed E-state index contributed by atoms with van der Waals surface area (Å²) in [7, 11) is 3.05. The summed E-state index contributed by atoms with van der Waals surface area (Å²) in [5, 5.41) is 19.8. The Morgan fingerprint density at radius 2 is 2.05 bits per heavy atom. The molecule has 1 aliphatic carbocycles. The fraction of sp³-hybridized carbons (Fsp3) is 0.214. The Hall–Kier alpha value is -2.31. The predicted molar refractivity (Wildman–Crippen MR) is 71.9 cm³/mol. The van der Waals surface area contributed by atoms with Crippen molar-refractivity contribution in [1.82, 2.24) is 0 Å². The first-order valence-corrected chi connectivity index (χ1v) is 6.13. The highest BCUT2D eigenvalue weighted by Gasteiger charge is 2.29. The Kier molecular flexibility index (Phi) is 4.39. The van der Waals surface area contributed by atoms with Gasteiger partial charge in [-0.2, -0.15) is 5.48 Å². The van der Waals surface area contributed by atoms with Crippen LogP contribution in [0.3, 0.4) is 0 Å². The molecule has 0 unspecified atom stereocenters. The Morgan fingerprint density at radius 1 is 1.25 bits per heavy atom. The number of para-hydroxylation sites is 1. The van der Waals surface area contributed by atoms with Crippen LogP contribution in [0.25, 0.3) is 0 Å². The van der Waals surface area contributed by atoms with Gasteiger partial charge in [0.1, 0.15) is 0 Å². The first-order valence-electron chi connectivity index (χ1n) is 6.13. The van der Waals surface area contributed by atoms with Crippen molar-refractivity contribution in [3.05, 3.63) is 42.2 Å². The van der Waals surface area contributed by atoms with E-state index >= 15 is 0 Å². The van der Waals surface area contributed by atoms with Gasteiger partial charge in [0.05, 0.1) is 20.6 Å². The van der Waals surface area contributed by atoms with Gasteiger partial charge in [0.25, 0.3) is 11.4 Å². The smallest absolute Gasteiger partial charge is 0.324 e. The van der Waals surface area contributed by atoms with Gasteiger partial charge < -0.3 is 9.47 Å². The molecule has 0 aromatic heterocycles. The second-order valence-electron chi connectivity index (χ2n) is 4.15. The molecule has 0 fully saturated rings. The molecule has 0 heterocycles. The van der Waals surface area contributed by atoms with E-state index in [0.717, 1.165) is 10.2 Å². The molecule has 1 aromatic carbocycles. The quantitative estimate of drug-likeness (QED) is 0.335. The highest BCUT2D eigenvalue weighted by Crippen LogP contribution is 2.30. The fourth-order valence-corrected chi connectivity index (χ4v) is 2.08. The van der Waals surface area contributed by atoms with Crippen LogP contribution >= 0.6 is 0 Å². The molecule has 0 amide bonds. The van der Waals surface area contributed by atoms with E-state index < -0.39 is 0 Å². The monoisotopic (exact) mass is 278 g/mol. The standard InChI is InChI=1S/C14H17N2O4/c1-19-12-8-4-3-6-10(12)16(18)11-7-5-9-13(20-2)14(11)15-17/h3-5,7-9,15,17-18H,6H2,1-2H3/q+1/p+1/b16-10-. The van der Waals surface area contributed by atoms with Gasteiger partial charge in [0.15, 0.2) is 11.5 Å². The van der Waals surface area contributed by atoms with Crippen LogP contribution in [-0.2, 0) is 4.74 Å². The summed E-state index contributed by atoms with van der Waals surface area (Å²) in [6, 6.07) is 5.13. The first kappa shape index (κ1) is 14.1. The summed E-state index contributed by atoms with van der Waals surface area (Å²) in [4.78, 5) is 0. The maximum atomic E-state index is 10.4. The third kappa shape index (κ3) is 2.52. The molecule has 0 radical (unpaired) electrons. The van der Waals surface area contributed by atoms with Gasteiger partial charge in [-0.05, 0) is 12.1 Å². The topological polar surface area (TPSA) is 78.5 Å². The summed E-state index contributed by atoms with van der Waals surface area (Å²) in [6.45, 7) is 0. The van der Waals surface area contributed by atoms with Gasteiger partial charge in [-0.1, -0.05) is 18.2 Å². The zero-order valence-electron chi connectivity index (χ0n) is 11.4. The maximum Gasteiger partial charge on any atom is 0.324 e. The minimum Gasteiger partial charge on any atom is -0.490 e. The van der Waals surface area contributed by atoms with Crippen molar-refractivity contribution in [3.8, 4) is 5.75 Å². The Labute approximate surface area is 116 Å². The van der Waals surface area contributed by atoms with Gasteiger partial charge >= 0.3 is 5.69 Å². The summed E-state index contributed by atoms with van der Waals surface area (Å²) in [5.74, 6) is 1.04. The largest absolute Gasteiger partial charge is 0.490 e. The molecule has 4 N–H and O–H groups in total. The van der Waals surface area contributed by atoms with Gasteiger partial charge in [0.2, 0.25) is 0 Å². The van der Waals surface area contributed by atoms with Crippen LogP contribution in [0.4, 0.5) is 11.4 Å². The molecular weight excluding hydrogens is 260 g/mol. The molecule has 2 rings (SSSR count). The predicted octanol–water partition coefficient (Wildman–Crippen LogP) is 1.24. The third-order valence-electron chi connectivity index (χ3n) is 3.08. The van der Waals surface area contributed by atoms with Gasteiger partial charge in [-0.25, -0.2) is 5.21 Å². The molecule has 0 aliphatic heterocycles. The molecule has 0 bridgehead atoms. The number of quaternary nitrogens is 1. The van der Waals surface area contributed by atoms with E-state index in [1.54, 1.807) is 31.4 Å². The number of nitrogens with zero attached hydrogens (tertiary/aromatic N) is 1. The van der Waals surface area contributed by atoms with E-state index in [-0.39, 0.29) is 0 Å². The second kappa shape index (κ2) is 6.23. The van der Waals surface area contributed by atoms with Crippen molar-refractivity contribution < 1.29 is 30.1 Å². The van der Waals surface area contributed by atoms with Crippen LogP contribution in [-0.4, -0.2) is 35.1 Å². The lowest BCUT2D eigenvalue weighted by Crippen LogP contribution is -2.74. The zero-order chi connectivity index (χ0) is 14.5. The molecule has 0 atom stereocenters. The third-order valence-corrected chi connectivity index (χ3v) is 3.08. The molecule has 6 nitrogen and oxygen atoms in total. The van der Waals surface area contributed by atoms with E-state index in [9.17, 15) is 10.4 Å². The van der Waals surface area contributed by atoms with Crippen molar-refractivity contribution >= 4 is 17.1 Å². The number of nitrogens with two attached hydrogens (primary N) is 1. The number of hydrogen-bond donors (Lipinski definition) is 3. The molecule has 20 heavy (non-hydrogen) atoms. The molecule has 1 aliphatic rings. The highest BCUT2D eigenvalue weighted by molar-refractivity contribution is 5.97. The van der Waals surface area contributed by atoms with E-state index in [0.29, 0.717) is 35.0 Å². The minimum atomic E-state index is 0.398. The van der Waals surface area contributed by atoms with Crippen LogP contribution in [0.1, 0.15) is 6.42 Å². The molecule has 1 aromatic rings. The number of ether oxygens (including phenoxy) is 2. The van der Waals surface area contributed by atoms with Crippen molar-refractivity contribution in [3.63, 3.8) is 0 Å². The van der Waals surface area contributed by atoms with Gasteiger partial charge in [0, 0.05) is 10.8 Å². The number of benzene rings is 1. The van der Waals surface area contributed by atoms with Crippen LogP contribution in [0.5, 0.6) is 5.75 Å². The second-order valence-corrected chi connectivity index (χ2v) is 4.15. The summed E-state index contributed by atoms with van der Waals surface area (Å²) >= 11 is 0. The lowest BCUT2D eigenvalue weighted by atomic mass is 10.1. The number of hydrogen-bond acceptors (Lipinski definition) is 4. The zero-order valence-corrected chi connectivity index (χ0v) is 11.4. The molecular formula is C14H18N2O4+2. The number of methoxy groups -OCH3 is 2. The van der Waals surface area contributed by atoms with Crippen molar-refractivity contribution in [2.45, 2.75) is 6.42 Å².